The van der Waals surface area contributed by atoms with E-state index in [0.29, 0.717) is 12.8 Å². The van der Waals surface area contributed by atoms with E-state index in [-0.39, 0.29) is 6.54 Å². The molecule has 1 aliphatic heterocycles. The maximum Gasteiger partial charge on any atom is 0.325 e. The first-order valence-corrected chi connectivity index (χ1v) is 6.39. The first-order chi connectivity index (χ1) is 9.42. The number of urea groups is 1. The third-order valence-corrected chi connectivity index (χ3v) is 3.42. The highest BCUT2D eigenvalue weighted by Gasteiger charge is 2.47. The largest absolute Gasteiger partial charge is 0.368 e. The summed E-state index contributed by atoms with van der Waals surface area (Å²) in [4.78, 5) is 35.7. The zero-order valence-corrected chi connectivity index (χ0v) is 11.3. The van der Waals surface area contributed by atoms with Gasteiger partial charge in [-0.3, -0.25) is 14.5 Å². The van der Waals surface area contributed by atoms with Crippen molar-refractivity contribution in [3.8, 4) is 0 Å². The summed E-state index contributed by atoms with van der Waals surface area (Å²) in [7, 11) is 0. The third kappa shape index (κ3) is 2.79. The van der Waals surface area contributed by atoms with Crippen molar-refractivity contribution in [1.29, 1.82) is 0 Å². The second-order valence-electron chi connectivity index (χ2n) is 5.11. The van der Waals surface area contributed by atoms with Crippen molar-refractivity contribution in [1.82, 2.24) is 10.2 Å². The van der Waals surface area contributed by atoms with Gasteiger partial charge in [-0.2, -0.15) is 0 Å². The lowest BCUT2D eigenvalue weighted by molar-refractivity contribution is -0.134. The van der Waals surface area contributed by atoms with E-state index in [1.54, 1.807) is 6.92 Å². The van der Waals surface area contributed by atoms with Crippen LogP contribution >= 0.6 is 0 Å². The molecule has 1 aromatic carbocycles. The van der Waals surface area contributed by atoms with Crippen molar-refractivity contribution in [2.24, 2.45) is 5.73 Å². The molecule has 1 saturated heterocycles. The fourth-order valence-electron chi connectivity index (χ4n) is 2.25. The second-order valence-corrected chi connectivity index (χ2v) is 5.11. The van der Waals surface area contributed by atoms with E-state index in [9.17, 15) is 14.4 Å². The van der Waals surface area contributed by atoms with Crippen molar-refractivity contribution in [3.05, 3.63) is 35.9 Å². The lowest BCUT2D eigenvalue weighted by Crippen LogP contribution is -2.45. The number of imide groups is 1. The summed E-state index contributed by atoms with van der Waals surface area (Å²) in [6.07, 6.45) is 1.13. The normalized spacial score (nSPS) is 21.9. The summed E-state index contributed by atoms with van der Waals surface area (Å²) in [6.45, 7) is 1.28. The van der Waals surface area contributed by atoms with E-state index in [0.717, 1.165) is 10.5 Å². The van der Waals surface area contributed by atoms with Crippen molar-refractivity contribution in [2.75, 3.05) is 6.54 Å². The molecule has 6 nitrogen and oxygen atoms in total. The van der Waals surface area contributed by atoms with Gasteiger partial charge in [-0.1, -0.05) is 30.3 Å². The van der Waals surface area contributed by atoms with Crippen molar-refractivity contribution < 1.29 is 14.4 Å². The van der Waals surface area contributed by atoms with E-state index in [4.69, 9.17) is 5.73 Å². The van der Waals surface area contributed by atoms with E-state index in [1.165, 1.54) is 0 Å². The molecule has 6 heteroatoms. The van der Waals surface area contributed by atoms with Crippen LogP contribution in [0.1, 0.15) is 18.9 Å². The van der Waals surface area contributed by atoms with E-state index in [2.05, 4.69) is 5.32 Å². The molecule has 3 N–H and O–H groups in total. The third-order valence-electron chi connectivity index (χ3n) is 3.42. The number of amides is 4. The molecule has 106 valence electrons. The van der Waals surface area contributed by atoms with Crippen LogP contribution in [-0.2, 0) is 16.0 Å². The zero-order chi connectivity index (χ0) is 14.8. The van der Waals surface area contributed by atoms with Gasteiger partial charge in [-0.15, -0.1) is 0 Å². The van der Waals surface area contributed by atoms with Gasteiger partial charge in [0.15, 0.2) is 0 Å². The van der Waals surface area contributed by atoms with Crippen LogP contribution in [0.15, 0.2) is 30.3 Å². The molecule has 0 saturated carbocycles. The number of primary amides is 1. The fourth-order valence-corrected chi connectivity index (χ4v) is 2.25. The minimum Gasteiger partial charge on any atom is -0.368 e. The van der Waals surface area contributed by atoms with Gasteiger partial charge in [0.25, 0.3) is 5.91 Å². The zero-order valence-electron chi connectivity index (χ0n) is 11.3. The molecular formula is C14H17N3O3. The van der Waals surface area contributed by atoms with E-state index < -0.39 is 23.4 Å². The standard InChI is InChI=1S/C14H17N3O3/c1-14(8-7-10-5-3-2-4-6-10)12(19)17(9-11(15)18)13(20)16-14/h2-6H,7-9H2,1H3,(H2,15,18)(H,16,20)/t14-/m0/s1. The Bertz CT molecular complexity index is 544. The van der Waals surface area contributed by atoms with Crippen LogP contribution in [0.5, 0.6) is 0 Å². The molecule has 0 aromatic heterocycles. The first kappa shape index (κ1) is 14.0. The highest BCUT2D eigenvalue weighted by molar-refractivity contribution is 6.08. The molecule has 0 spiro atoms. The molecule has 0 aliphatic carbocycles. The number of rotatable bonds is 5. The Labute approximate surface area is 116 Å². The molecule has 1 heterocycles. The quantitative estimate of drug-likeness (QED) is 0.762. The molecule has 1 aliphatic rings. The Morgan fingerprint density at radius 3 is 2.55 bits per heavy atom. The Balaban J connectivity index is 2.05. The van der Waals surface area contributed by atoms with Crippen LogP contribution in [0.25, 0.3) is 0 Å². The predicted octanol–water partition coefficient (Wildman–Crippen LogP) is 0.415. The lowest BCUT2D eigenvalue weighted by atomic mass is 9.93. The monoisotopic (exact) mass is 275 g/mol. The Morgan fingerprint density at radius 2 is 1.95 bits per heavy atom. The fraction of sp³-hybridized carbons (Fsp3) is 0.357. The molecule has 0 bridgehead atoms. The first-order valence-electron chi connectivity index (χ1n) is 6.39. The molecule has 2 rings (SSSR count). The summed E-state index contributed by atoms with van der Waals surface area (Å²) < 4.78 is 0. The van der Waals surface area contributed by atoms with Gasteiger partial charge in [-0.25, -0.2) is 4.79 Å². The van der Waals surface area contributed by atoms with Crippen molar-refractivity contribution in [2.45, 2.75) is 25.3 Å². The minimum atomic E-state index is -0.984. The number of benzene rings is 1. The maximum absolute atomic E-state index is 12.2. The van der Waals surface area contributed by atoms with Crippen LogP contribution in [-0.4, -0.2) is 34.8 Å². The molecule has 0 radical (unpaired) electrons. The predicted molar refractivity (Wildman–Crippen MR) is 72.6 cm³/mol. The van der Waals surface area contributed by atoms with Crippen LogP contribution in [0.2, 0.25) is 0 Å². The second kappa shape index (κ2) is 5.32. The number of nitrogens with two attached hydrogens (primary N) is 1. The summed E-state index contributed by atoms with van der Waals surface area (Å²) in [5.41, 5.74) is 5.14. The van der Waals surface area contributed by atoms with Gasteiger partial charge in [0, 0.05) is 0 Å². The van der Waals surface area contributed by atoms with Crippen LogP contribution < -0.4 is 11.1 Å². The Kier molecular flexibility index (Phi) is 3.74. The van der Waals surface area contributed by atoms with Crippen LogP contribution in [0.4, 0.5) is 4.79 Å². The number of hydrogen-bond donors (Lipinski definition) is 2. The number of carbonyl (C=O) groups is 3. The van der Waals surface area contributed by atoms with Crippen LogP contribution in [0, 0.1) is 0 Å². The van der Waals surface area contributed by atoms with Gasteiger partial charge in [0.05, 0.1) is 0 Å². The number of hydrogen-bond acceptors (Lipinski definition) is 3. The Morgan fingerprint density at radius 1 is 1.30 bits per heavy atom. The van der Waals surface area contributed by atoms with Gasteiger partial charge in [0.2, 0.25) is 5.91 Å². The smallest absolute Gasteiger partial charge is 0.325 e. The lowest BCUT2D eigenvalue weighted by Gasteiger charge is -2.21. The van der Waals surface area contributed by atoms with Gasteiger partial charge < -0.3 is 11.1 Å². The summed E-state index contributed by atoms with van der Waals surface area (Å²) in [5, 5.41) is 2.64. The highest BCUT2D eigenvalue weighted by atomic mass is 16.2. The summed E-state index contributed by atoms with van der Waals surface area (Å²) in [5.74, 6) is -1.11. The SMILES string of the molecule is C[C@@]1(CCc2ccccc2)NC(=O)N(CC(N)=O)C1=O. The average molecular weight is 275 g/mol. The average Bonchev–Trinajstić information content (AvgIpc) is 2.62. The summed E-state index contributed by atoms with van der Waals surface area (Å²) in [6, 6.07) is 9.13. The number of nitrogens with zero attached hydrogens (tertiary/aromatic N) is 1. The van der Waals surface area contributed by atoms with Crippen molar-refractivity contribution >= 4 is 17.8 Å². The molecule has 4 amide bonds. The summed E-state index contributed by atoms with van der Waals surface area (Å²) >= 11 is 0. The Hall–Kier alpha value is -2.37. The van der Waals surface area contributed by atoms with Crippen molar-refractivity contribution in [3.63, 3.8) is 0 Å². The van der Waals surface area contributed by atoms with Crippen LogP contribution in [0.3, 0.4) is 0 Å². The maximum atomic E-state index is 12.2. The van der Waals surface area contributed by atoms with E-state index in [1.807, 2.05) is 30.3 Å². The molecule has 1 atom stereocenters. The molecule has 1 aromatic rings. The minimum absolute atomic E-state index is 0.383. The number of aryl methyl sites for hydroxylation is 1. The van der Waals surface area contributed by atoms with Gasteiger partial charge in [-0.05, 0) is 25.3 Å². The highest BCUT2D eigenvalue weighted by Crippen LogP contribution is 2.23. The molecule has 20 heavy (non-hydrogen) atoms. The van der Waals surface area contributed by atoms with Gasteiger partial charge in [0.1, 0.15) is 12.1 Å². The molecule has 0 unspecified atom stereocenters. The molecule has 1 fully saturated rings. The van der Waals surface area contributed by atoms with Gasteiger partial charge >= 0.3 is 6.03 Å². The number of carbonyl (C=O) groups excluding carboxylic acids is 3. The topological polar surface area (TPSA) is 92.5 Å². The van der Waals surface area contributed by atoms with E-state index >= 15 is 0 Å². The molecular weight excluding hydrogens is 258 g/mol. The number of nitrogens with one attached hydrogen (secondary N) is 1.